The summed E-state index contributed by atoms with van der Waals surface area (Å²) in [7, 11) is 1.64. The first-order chi connectivity index (χ1) is 16.3. The lowest BCUT2D eigenvalue weighted by Crippen LogP contribution is -2.35. The number of pyridine rings is 1. The Balaban J connectivity index is 1.64. The predicted molar refractivity (Wildman–Crippen MR) is 126 cm³/mol. The van der Waals surface area contributed by atoms with Crippen LogP contribution >= 0.6 is 0 Å². The van der Waals surface area contributed by atoms with Gasteiger partial charge < -0.3 is 15.4 Å². The molecule has 2 N–H and O–H groups in total. The van der Waals surface area contributed by atoms with E-state index in [1.165, 1.54) is 29.8 Å². The predicted octanol–water partition coefficient (Wildman–Crippen LogP) is 1.85. The van der Waals surface area contributed by atoms with Crippen LogP contribution in [0.5, 0.6) is 0 Å². The zero-order valence-electron chi connectivity index (χ0n) is 18.9. The smallest absolute Gasteiger partial charge is 0.255 e. The lowest BCUT2D eigenvalue weighted by atomic mass is 9.98. The first-order valence-corrected chi connectivity index (χ1v) is 10.8. The summed E-state index contributed by atoms with van der Waals surface area (Å²) in [5.74, 6) is -0.318. The van der Waals surface area contributed by atoms with Gasteiger partial charge in [0.1, 0.15) is 5.84 Å². The lowest BCUT2D eigenvalue weighted by molar-refractivity contribution is -0.115. The molecule has 1 aliphatic rings. The highest BCUT2D eigenvalue weighted by atomic mass is 19.1. The van der Waals surface area contributed by atoms with Crippen molar-refractivity contribution in [3.63, 3.8) is 0 Å². The molecule has 1 saturated heterocycles. The number of nitrogens with two attached hydrogens (primary N) is 1. The Morgan fingerprint density at radius 1 is 1.26 bits per heavy atom. The second-order valence-corrected chi connectivity index (χ2v) is 8.05. The number of anilines is 1. The van der Waals surface area contributed by atoms with Gasteiger partial charge >= 0.3 is 0 Å². The standard InChI is InChI=1S/C24H25FN6O3/c1-15(32)28-23(26)17-5-3-16(4-6-17)18-13-31(9-10-34-14-18)24-29-21(11-22(33)30(24)2)19-7-8-27-12-20(19)25/h3-8,11-12,18H,9-10,13-14H2,1-2H3,(H2,26,28,32). The van der Waals surface area contributed by atoms with E-state index in [1.54, 1.807) is 7.05 Å². The van der Waals surface area contributed by atoms with Crippen LogP contribution in [0.3, 0.4) is 0 Å². The number of ether oxygens (including phenoxy) is 1. The summed E-state index contributed by atoms with van der Waals surface area (Å²) >= 11 is 0. The number of nitrogens with zero attached hydrogens (tertiary/aromatic N) is 5. The maximum Gasteiger partial charge on any atom is 0.255 e. The molecule has 1 unspecified atom stereocenters. The van der Waals surface area contributed by atoms with Crippen molar-refractivity contribution in [2.45, 2.75) is 12.8 Å². The first kappa shape index (κ1) is 23.2. The van der Waals surface area contributed by atoms with Crippen molar-refractivity contribution >= 4 is 17.7 Å². The van der Waals surface area contributed by atoms with Gasteiger partial charge in [-0.05, 0) is 11.6 Å². The molecule has 1 aromatic carbocycles. The molecule has 1 fully saturated rings. The fourth-order valence-electron chi connectivity index (χ4n) is 3.88. The molecule has 2 aromatic heterocycles. The summed E-state index contributed by atoms with van der Waals surface area (Å²) < 4.78 is 21.6. The van der Waals surface area contributed by atoms with E-state index in [2.05, 4.69) is 15.0 Å². The molecular weight excluding hydrogens is 439 g/mol. The minimum Gasteiger partial charge on any atom is -0.383 e. The number of halogens is 1. The molecule has 10 heteroatoms. The number of aromatic nitrogens is 3. The summed E-state index contributed by atoms with van der Waals surface area (Å²) in [5, 5.41) is 0. The third-order valence-corrected chi connectivity index (χ3v) is 5.66. The van der Waals surface area contributed by atoms with Crippen LogP contribution in [0.25, 0.3) is 11.3 Å². The maximum absolute atomic E-state index is 14.3. The molecule has 0 aliphatic carbocycles. The largest absolute Gasteiger partial charge is 0.383 e. The van der Waals surface area contributed by atoms with E-state index in [9.17, 15) is 14.0 Å². The normalized spacial score (nSPS) is 16.9. The Labute approximate surface area is 195 Å². The molecule has 1 atom stereocenters. The number of aliphatic imine (C=N–C) groups is 1. The van der Waals surface area contributed by atoms with Crippen molar-refractivity contribution in [3.05, 3.63) is 76.1 Å². The average molecular weight is 465 g/mol. The van der Waals surface area contributed by atoms with E-state index in [0.29, 0.717) is 37.8 Å². The number of amides is 1. The number of rotatable bonds is 4. The third kappa shape index (κ3) is 5.01. The molecule has 1 aliphatic heterocycles. The van der Waals surface area contributed by atoms with Gasteiger partial charge in [-0.2, -0.15) is 4.99 Å². The number of carbonyl (C=O) groups is 1. The summed E-state index contributed by atoms with van der Waals surface area (Å²) in [6, 6.07) is 10.3. The van der Waals surface area contributed by atoms with Crippen LogP contribution in [-0.2, 0) is 16.6 Å². The third-order valence-electron chi connectivity index (χ3n) is 5.66. The van der Waals surface area contributed by atoms with Crippen molar-refractivity contribution in [1.29, 1.82) is 0 Å². The topological polar surface area (TPSA) is 116 Å². The second-order valence-electron chi connectivity index (χ2n) is 8.05. The van der Waals surface area contributed by atoms with Gasteiger partial charge in [0, 0.05) is 56.4 Å². The summed E-state index contributed by atoms with van der Waals surface area (Å²) in [5.41, 5.74) is 7.72. The SMILES string of the molecule is CC(=O)N=C(N)c1ccc(C2COCCN(c3nc(-c4ccncc4F)cc(=O)n3C)C2)cc1. The highest BCUT2D eigenvalue weighted by Crippen LogP contribution is 2.25. The Morgan fingerprint density at radius 3 is 2.74 bits per heavy atom. The lowest BCUT2D eigenvalue weighted by Gasteiger charge is -2.26. The van der Waals surface area contributed by atoms with Crippen molar-refractivity contribution in [3.8, 4) is 11.3 Å². The van der Waals surface area contributed by atoms with Crippen molar-refractivity contribution < 1.29 is 13.9 Å². The fourth-order valence-corrected chi connectivity index (χ4v) is 3.88. The number of hydrogen-bond acceptors (Lipinski definition) is 6. The number of amidine groups is 1. The van der Waals surface area contributed by atoms with E-state index >= 15 is 0 Å². The molecule has 176 valence electrons. The van der Waals surface area contributed by atoms with Crippen LogP contribution in [-0.4, -0.2) is 52.6 Å². The molecule has 4 rings (SSSR count). The van der Waals surface area contributed by atoms with E-state index in [4.69, 9.17) is 10.5 Å². The molecule has 34 heavy (non-hydrogen) atoms. The molecule has 3 aromatic rings. The van der Waals surface area contributed by atoms with Crippen LogP contribution in [0.2, 0.25) is 0 Å². The van der Waals surface area contributed by atoms with Gasteiger partial charge in [-0.15, -0.1) is 0 Å². The number of carbonyl (C=O) groups excluding carboxylic acids is 1. The van der Waals surface area contributed by atoms with Gasteiger partial charge in [-0.25, -0.2) is 9.37 Å². The van der Waals surface area contributed by atoms with E-state index in [0.717, 1.165) is 11.8 Å². The quantitative estimate of drug-likeness (QED) is 0.463. The highest BCUT2D eigenvalue weighted by Gasteiger charge is 2.24. The van der Waals surface area contributed by atoms with Crippen molar-refractivity contribution in [2.24, 2.45) is 17.8 Å². The zero-order valence-corrected chi connectivity index (χ0v) is 18.9. The monoisotopic (exact) mass is 464 g/mol. The average Bonchev–Trinajstić information content (AvgIpc) is 3.07. The zero-order chi connectivity index (χ0) is 24.2. The molecular formula is C24H25FN6O3. The Kier molecular flexibility index (Phi) is 6.78. The van der Waals surface area contributed by atoms with Crippen LogP contribution in [0.1, 0.15) is 24.0 Å². The highest BCUT2D eigenvalue weighted by molar-refractivity contribution is 6.03. The molecule has 0 saturated carbocycles. The van der Waals surface area contributed by atoms with Crippen LogP contribution in [0.4, 0.5) is 10.3 Å². The van der Waals surface area contributed by atoms with Crippen molar-refractivity contribution in [1.82, 2.24) is 14.5 Å². The van der Waals surface area contributed by atoms with Gasteiger partial charge in [-0.1, -0.05) is 24.3 Å². The van der Waals surface area contributed by atoms with E-state index in [1.807, 2.05) is 29.2 Å². The molecule has 0 spiro atoms. The number of benzene rings is 1. The van der Waals surface area contributed by atoms with Crippen LogP contribution in [0, 0.1) is 5.82 Å². The summed E-state index contributed by atoms with van der Waals surface area (Å²) in [6.07, 6.45) is 2.56. The minimum atomic E-state index is -0.543. The van der Waals surface area contributed by atoms with Crippen molar-refractivity contribution in [2.75, 3.05) is 31.2 Å². The maximum atomic E-state index is 14.3. The van der Waals surface area contributed by atoms with Gasteiger partial charge in [-0.3, -0.25) is 19.1 Å². The Hall–Kier alpha value is -3.92. The Bertz CT molecular complexity index is 1290. The van der Waals surface area contributed by atoms with E-state index in [-0.39, 0.29) is 34.5 Å². The summed E-state index contributed by atoms with van der Waals surface area (Å²) in [6.45, 7) is 3.35. The minimum absolute atomic E-state index is 0.0132. The van der Waals surface area contributed by atoms with Gasteiger partial charge in [0.25, 0.3) is 5.56 Å². The van der Waals surface area contributed by atoms with E-state index < -0.39 is 5.82 Å². The molecule has 0 radical (unpaired) electrons. The molecule has 0 bridgehead atoms. The molecule has 9 nitrogen and oxygen atoms in total. The molecule has 1 amide bonds. The molecule has 3 heterocycles. The summed E-state index contributed by atoms with van der Waals surface area (Å²) in [4.78, 5) is 38.0. The second kappa shape index (κ2) is 9.92. The number of hydrogen-bond donors (Lipinski definition) is 1. The fraction of sp³-hybridized carbons (Fsp3) is 0.292. The van der Waals surface area contributed by atoms with Gasteiger partial charge in [0.05, 0.1) is 25.1 Å². The van der Waals surface area contributed by atoms with Crippen LogP contribution < -0.4 is 16.2 Å². The van der Waals surface area contributed by atoms with Crippen LogP contribution in [0.15, 0.2) is 58.6 Å². The Morgan fingerprint density at radius 2 is 2.03 bits per heavy atom. The first-order valence-electron chi connectivity index (χ1n) is 10.8. The van der Waals surface area contributed by atoms with Gasteiger partial charge in [0.15, 0.2) is 5.82 Å². The van der Waals surface area contributed by atoms with Gasteiger partial charge in [0.2, 0.25) is 11.9 Å².